The van der Waals surface area contributed by atoms with Crippen molar-refractivity contribution < 1.29 is 28.4 Å². The van der Waals surface area contributed by atoms with E-state index < -0.39 is 12.4 Å². The predicted octanol–water partition coefficient (Wildman–Crippen LogP) is 1.98. The largest absolute Gasteiger partial charge is 0.331 e. The van der Waals surface area contributed by atoms with Crippen LogP contribution in [0.15, 0.2) is 0 Å². The molecule has 6 heteroatoms. The van der Waals surface area contributed by atoms with E-state index in [2.05, 4.69) is 0 Å². The Balaban J connectivity index is 0. The van der Waals surface area contributed by atoms with E-state index in [4.69, 9.17) is 28.4 Å². The summed E-state index contributed by atoms with van der Waals surface area (Å²) in [5.74, 6) is -0.875. The van der Waals surface area contributed by atoms with Crippen LogP contribution < -0.4 is 0 Å². The fraction of sp³-hybridized carbons (Fsp3) is 1.00. The van der Waals surface area contributed by atoms with Crippen LogP contribution in [-0.4, -0.2) is 53.6 Å². The van der Waals surface area contributed by atoms with Crippen molar-refractivity contribution in [3.05, 3.63) is 0 Å². The molecule has 0 saturated carbocycles. The van der Waals surface area contributed by atoms with Crippen LogP contribution >= 0.6 is 0 Å². The lowest BCUT2D eigenvalue weighted by atomic mass is 10.6. The molecule has 0 amide bonds. The summed E-state index contributed by atoms with van der Waals surface area (Å²) < 4.78 is 29.6. The monoisotopic (exact) mass is 268 g/mol. The quantitative estimate of drug-likeness (QED) is 0.596. The van der Waals surface area contributed by atoms with E-state index in [9.17, 15) is 0 Å². The molecule has 0 atom stereocenters. The first kappa shape index (κ1) is 20.1. The molecule has 0 radical (unpaired) electrons. The lowest BCUT2D eigenvalue weighted by Crippen LogP contribution is -2.31. The highest BCUT2D eigenvalue weighted by Gasteiger charge is 2.20. The maximum atomic E-state index is 5.08. The Hall–Kier alpha value is -0.240. The summed E-state index contributed by atoms with van der Waals surface area (Å²) in [7, 11) is 4.56. The zero-order valence-corrected chi connectivity index (χ0v) is 12.6. The van der Waals surface area contributed by atoms with Crippen molar-refractivity contribution in [2.24, 2.45) is 0 Å². The third-order valence-electron chi connectivity index (χ3n) is 2.02. The molecule has 0 aromatic rings. The lowest BCUT2D eigenvalue weighted by Gasteiger charge is -2.23. The number of rotatable bonds is 9. The van der Waals surface area contributed by atoms with E-state index in [1.807, 2.05) is 20.8 Å². The Labute approximate surface area is 110 Å². The van der Waals surface area contributed by atoms with Gasteiger partial charge in [-0.3, -0.25) is 0 Å². The van der Waals surface area contributed by atoms with E-state index in [0.717, 1.165) is 0 Å². The molecular weight excluding hydrogens is 240 g/mol. The zero-order chi connectivity index (χ0) is 14.4. The zero-order valence-electron chi connectivity index (χ0n) is 12.6. The van der Waals surface area contributed by atoms with Crippen LogP contribution in [0.2, 0.25) is 0 Å². The SMILES string of the molecule is CCOC(OCC)OCC.COC(C)(OC)OC. The van der Waals surface area contributed by atoms with Gasteiger partial charge in [-0.2, -0.15) is 0 Å². The summed E-state index contributed by atoms with van der Waals surface area (Å²) >= 11 is 0. The Bertz CT molecular complexity index is 138. The first-order valence-electron chi connectivity index (χ1n) is 6.03. The van der Waals surface area contributed by atoms with Gasteiger partial charge in [0.1, 0.15) is 0 Å². The van der Waals surface area contributed by atoms with Crippen LogP contribution in [0.3, 0.4) is 0 Å². The topological polar surface area (TPSA) is 55.4 Å². The molecule has 18 heavy (non-hydrogen) atoms. The Morgan fingerprint density at radius 1 is 0.722 bits per heavy atom. The molecule has 0 saturated heterocycles. The van der Waals surface area contributed by atoms with Crippen LogP contribution in [0.5, 0.6) is 0 Å². The minimum atomic E-state index is -0.875. The average molecular weight is 268 g/mol. The smallest absolute Gasteiger partial charge is 0.279 e. The lowest BCUT2D eigenvalue weighted by molar-refractivity contribution is -0.340. The molecule has 0 fully saturated rings. The van der Waals surface area contributed by atoms with Gasteiger partial charge in [0.15, 0.2) is 0 Å². The van der Waals surface area contributed by atoms with Gasteiger partial charge in [0.2, 0.25) is 0 Å². The molecule has 0 aromatic heterocycles. The van der Waals surface area contributed by atoms with Crippen LogP contribution in [0, 0.1) is 0 Å². The molecule has 0 bridgehead atoms. The fourth-order valence-corrected chi connectivity index (χ4v) is 0.803. The van der Waals surface area contributed by atoms with Gasteiger partial charge < -0.3 is 28.4 Å². The maximum Gasteiger partial charge on any atom is 0.279 e. The van der Waals surface area contributed by atoms with Crippen molar-refractivity contribution in [3.8, 4) is 0 Å². The fourth-order valence-electron chi connectivity index (χ4n) is 0.803. The molecule has 0 aliphatic heterocycles. The number of methoxy groups -OCH3 is 3. The van der Waals surface area contributed by atoms with Crippen LogP contribution in [-0.2, 0) is 28.4 Å². The predicted molar refractivity (Wildman–Crippen MR) is 68.1 cm³/mol. The van der Waals surface area contributed by atoms with Gasteiger partial charge in [0, 0.05) is 48.1 Å². The first-order valence-corrected chi connectivity index (χ1v) is 6.03. The average Bonchev–Trinajstić information content (AvgIpc) is 2.39. The summed E-state index contributed by atoms with van der Waals surface area (Å²) in [6, 6.07) is 0. The molecule has 6 nitrogen and oxygen atoms in total. The van der Waals surface area contributed by atoms with Gasteiger partial charge in [-0.15, -0.1) is 0 Å². The molecule has 0 unspecified atom stereocenters. The summed E-state index contributed by atoms with van der Waals surface area (Å²) in [5.41, 5.74) is 0. The third-order valence-corrected chi connectivity index (χ3v) is 2.02. The van der Waals surface area contributed by atoms with Gasteiger partial charge >= 0.3 is 0 Å². The minimum Gasteiger partial charge on any atom is -0.331 e. The van der Waals surface area contributed by atoms with Gasteiger partial charge in [-0.25, -0.2) is 0 Å². The van der Waals surface area contributed by atoms with Crippen molar-refractivity contribution in [3.63, 3.8) is 0 Å². The van der Waals surface area contributed by atoms with E-state index in [1.165, 1.54) is 21.3 Å². The van der Waals surface area contributed by atoms with Crippen LogP contribution in [0.4, 0.5) is 0 Å². The van der Waals surface area contributed by atoms with Gasteiger partial charge in [0.25, 0.3) is 12.4 Å². The normalized spacial score (nSPS) is 11.3. The number of ether oxygens (including phenoxy) is 6. The molecular formula is C12H28O6. The summed E-state index contributed by atoms with van der Waals surface area (Å²) in [6.45, 7) is 8.79. The van der Waals surface area contributed by atoms with Crippen molar-refractivity contribution in [1.82, 2.24) is 0 Å². The highest BCUT2D eigenvalue weighted by molar-refractivity contribution is 4.38. The third kappa shape index (κ3) is 10.9. The summed E-state index contributed by atoms with van der Waals surface area (Å²) in [4.78, 5) is 0. The second-order valence-electron chi connectivity index (χ2n) is 3.13. The highest BCUT2D eigenvalue weighted by Crippen LogP contribution is 2.08. The molecule has 0 rings (SSSR count). The van der Waals surface area contributed by atoms with Crippen molar-refractivity contribution in [2.45, 2.75) is 40.1 Å². The first-order chi connectivity index (χ1) is 8.53. The molecule has 0 heterocycles. The Kier molecular flexibility index (Phi) is 14.7. The maximum absolute atomic E-state index is 5.08. The highest BCUT2D eigenvalue weighted by atomic mass is 16.9. The molecule has 0 aliphatic rings. The number of hydrogen-bond donors (Lipinski definition) is 0. The second kappa shape index (κ2) is 13.2. The number of hydrogen-bond acceptors (Lipinski definition) is 6. The van der Waals surface area contributed by atoms with E-state index in [0.29, 0.717) is 19.8 Å². The van der Waals surface area contributed by atoms with Crippen molar-refractivity contribution in [1.29, 1.82) is 0 Å². The molecule has 0 aliphatic carbocycles. The second-order valence-corrected chi connectivity index (χ2v) is 3.13. The van der Waals surface area contributed by atoms with E-state index in [-0.39, 0.29) is 0 Å². The van der Waals surface area contributed by atoms with Gasteiger partial charge in [-0.05, 0) is 20.8 Å². The standard InChI is InChI=1S/C7H16O3.C5H12O3/c1-4-8-7(9-5-2)10-6-3;1-5(6-2,7-3)8-4/h7H,4-6H2,1-3H3;1-4H3. The van der Waals surface area contributed by atoms with E-state index >= 15 is 0 Å². The molecule has 0 aromatic carbocycles. The molecule has 0 spiro atoms. The molecule has 0 N–H and O–H groups in total. The Morgan fingerprint density at radius 2 is 1.00 bits per heavy atom. The van der Waals surface area contributed by atoms with Crippen LogP contribution in [0.1, 0.15) is 27.7 Å². The van der Waals surface area contributed by atoms with Crippen LogP contribution in [0.25, 0.3) is 0 Å². The molecule has 112 valence electrons. The van der Waals surface area contributed by atoms with Gasteiger partial charge in [0.05, 0.1) is 0 Å². The summed E-state index contributed by atoms with van der Waals surface area (Å²) in [6.07, 6.45) is 0. The minimum absolute atomic E-state index is 0.472. The van der Waals surface area contributed by atoms with E-state index in [1.54, 1.807) is 6.92 Å². The van der Waals surface area contributed by atoms with Crippen molar-refractivity contribution in [2.75, 3.05) is 41.2 Å². The van der Waals surface area contributed by atoms with Gasteiger partial charge in [-0.1, -0.05) is 0 Å². The summed E-state index contributed by atoms with van der Waals surface area (Å²) in [5, 5.41) is 0. The van der Waals surface area contributed by atoms with Crippen molar-refractivity contribution >= 4 is 0 Å². The Morgan fingerprint density at radius 3 is 1.11 bits per heavy atom.